The Balaban J connectivity index is 1.39. The lowest BCUT2D eigenvalue weighted by Gasteiger charge is -2.19. The summed E-state index contributed by atoms with van der Waals surface area (Å²) in [6.45, 7) is 2.33. The van der Waals surface area contributed by atoms with Crippen molar-refractivity contribution in [3.8, 4) is 11.5 Å². The van der Waals surface area contributed by atoms with Gasteiger partial charge in [-0.2, -0.15) is 0 Å². The summed E-state index contributed by atoms with van der Waals surface area (Å²) in [4.78, 5) is 11.8. The fourth-order valence-electron chi connectivity index (χ4n) is 2.91. The minimum atomic E-state index is -0.128. The fraction of sp³-hybridized carbons (Fsp3) is 0.500. The molecule has 2 N–H and O–H groups in total. The molecule has 1 aliphatic heterocycles. The average molecular weight is 316 g/mol. The van der Waals surface area contributed by atoms with Crippen LogP contribution in [0, 0.1) is 0 Å². The molecule has 0 bridgehead atoms. The Morgan fingerprint density at radius 1 is 1.09 bits per heavy atom. The van der Waals surface area contributed by atoms with Crippen molar-refractivity contribution in [1.29, 1.82) is 0 Å². The van der Waals surface area contributed by atoms with Crippen LogP contribution in [0.3, 0.4) is 0 Å². The van der Waals surface area contributed by atoms with Crippen LogP contribution in [0.25, 0.3) is 0 Å². The fourth-order valence-corrected chi connectivity index (χ4v) is 2.91. The predicted octanol–water partition coefficient (Wildman–Crippen LogP) is 3.15. The number of carbonyl (C=O) groups is 1. The standard InChI is InChI=1S/C18H24N2O3/c21-18(19-9-8-14-4-2-1-3-5-14)20-13-15-6-7-16-17(12-15)23-11-10-22-16/h4,6-7,12H,1-3,5,8-11,13H2,(H2,19,20,21). The maximum atomic E-state index is 11.8. The van der Waals surface area contributed by atoms with Crippen LogP contribution in [0.5, 0.6) is 11.5 Å². The van der Waals surface area contributed by atoms with Crippen LogP contribution in [-0.2, 0) is 6.54 Å². The summed E-state index contributed by atoms with van der Waals surface area (Å²) < 4.78 is 11.0. The number of carbonyl (C=O) groups excluding carboxylic acids is 1. The normalized spacial score (nSPS) is 16.4. The molecule has 124 valence electrons. The highest BCUT2D eigenvalue weighted by Crippen LogP contribution is 2.30. The van der Waals surface area contributed by atoms with E-state index in [1.165, 1.54) is 31.3 Å². The highest BCUT2D eigenvalue weighted by molar-refractivity contribution is 5.73. The maximum absolute atomic E-state index is 11.8. The summed E-state index contributed by atoms with van der Waals surface area (Å²) in [5.41, 5.74) is 2.47. The first-order valence-electron chi connectivity index (χ1n) is 8.39. The van der Waals surface area contributed by atoms with E-state index in [1.54, 1.807) is 0 Å². The molecule has 0 spiro atoms. The van der Waals surface area contributed by atoms with Gasteiger partial charge in [0.25, 0.3) is 0 Å². The smallest absolute Gasteiger partial charge is 0.315 e. The lowest BCUT2D eigenvalue weighted by Crippen LogP contribution is -2.35. The number of fused-ring (bicyclic) bond motifs is 1. The van der Waals surface area contributed by atoms with E-state index in [0.717, 1.165) is 23.5 Å². The third-order valence-corrected chi connectivity index (χ3v) is 4.18. The third-order valence-electron chi connectivity index (χ3n) is 4.18. The van der Waals surface area contributed by atoms with Crippen LogP contribution in [-0.4, -0.2) is 25.8 Å². The molecule has 1 heterocycles. The second kappa shape index (κ2) is 7.90. The first kappa shape index (κ1) is 15.7. The molecule has 0 atom stereocenters. The molecule has 0 aromatic heterocycles. The minimum absolute atomic E-state index is 0.128. The molecule has 2 amide bonds. The van der Waals surface area contributed by atoms with Crippen LogP contribution in [0.15, 0.2) is 29.8 Å². The van der Waals surface area contributed by atoms with E-state index in [9.17, 15) is 4.79 Å². The maximum Gasteiger partial charge on any atom is 0.315 e. The Kier molecular flexibility index (Phi) is 5.40. The molecule has 23 heavy (non-hydrogen) atoms. The Bertz CT molecular complexity index is 584. The molecule has 1 aromatic carbocycles. The van der Waals surface area contributed by atoms with Gasteiger partial charge in [-0.1, -0.05) is 17.7 Å². The molecule has 1 aromatic rings. The van der Waals surface area contributed by atoms with Crippen molar-refractivity contribution in [1.82, 2.24) is 10.6 Å². The summed E-state index contributed by atoms with van der Waals surface area (Å²) in [5, 5.41) is 5.79. The summed E-state index contributed by atoms with van der Waals surface area (Å²) >= 11 is 0. The van der Waals surface area contributed by atoms with E-state index >= 15 is 0 Å². The van der Waals surface area contributed by atoms with Crippen LogP contribution >= 0.6 is 0 Å². The molecular weight excluding hydrogens is 292 g/mol. The quantitative estimate of drug-likeness (QED) is 0.820. The van der Waals surface area contributed by atoms with Crippen LogP contribution in [0.4, 0.5) is 4.79 Å². The summed E-state index contributed by atoms with van der Waals surface area (Å²) in [7, 11) is 0. The van der Waals surface area contributed by atoms with Gasteiger partial charge in [-0.25, -0.2) is 4.79 Å². The van der Waals surface area contributed by atoms with Crippen LogP contribution in [0.2, 0.25) is 0 Å². The van der Waals surface area contributed by atoms with E-state index in [4.69, 9.17) is 9.47 Å². The number of nitrogens with one attached hydrogen (secondary N) is 2. The zero-order chi connectivity index (χ0) is 15.9. The largest absolute Gasteiger partial charge is 0.486 e. The summed E-state index contributed by atoms with van der Waals surface area (Å²) in [6.07, 6.45) is 8.22. The van der Waals surface area contributed by atoms with E-state index < -0.39 is 0 Å². The lowest BCUT2D eigenvalue weighted by molar-refractivity contribution is 0.171. The Labute approximate surface area is 137 Å². The summed E-state index contributed by atoms with van der Waals surface area (Å²) in [5.74, 6) is 1.52. The molecule has 3 rings (SSSR count). The van der Waals surface area contributed by atoms with Crippen molar-refractivity contribution in [3.63, 3.8) is 0 Å². The van der Waals surface area contributed by atoms with E-state index in [0.29, 0.717) is 26.3 Å². The highest BCUT2D eigenvalue weighted by Gasteiger charge is 2.12. The average Bonchev–Trinajstić information content (AvgIpc) is 2.61. The molecule has 0 saturated carbocycles. The van der Waals surface area contributed by atoms with Crippen molar-refractivity contribution in [2.24, 2.45) is 0 Å². The van der Waals surface area contributed by atoms with Crippen molar-refractivity contribution >= 4 is 6.03 Å². The molecule has 0 unspecified atom stereocenters. The van der Waals surface area contributed by atoms with Crippen LogP contribution in [0.1, 0.15) is 37.7 Å². The molecule has 0 radical (unpaired) electrons. The number of allylic oxidation sites excluding steroid dienone is 1. The minimum Gasteiger partial charge on any atom is -0.486 e. The van der Waals surface area contributed by atoms with Gasteiger partial charge >= 0.3 is 6.03 Å². The van der Waals surface area contributed by atoms with Gasteiger partial charge in [0.1, 0.15) is 13.2 Å². The van der Waals surface area contributed by atoms with Gasteiger partial charge in [0, 0.05) is 13.1 Å². The second-order valence-corrected chi connectivity index (χ2v) is 5.95. The first-order valence-corrected chi connectivity index (χ1v) is 8.39. The molecular formula is C18H24N2O3. The zero-order valence-electron chi connectivity index (χ0n) is 13.4. The zero-order valence-corrected chi connectivity index (χ0v) is 13.4. The molecule has 5 nitrogen and oxygen atoms in total. The number of rotatable bonds is 5. The molecule has 1 aliphatic carbocycles. The number of urea groups is 1. The van der Waals surface area contributed by atoms with Crippen molar-refractivity contribution < 1.29 is 14.3 Å². The van der Waals surface area contributed by atoms with E-state index in [1.807, 2.05) is 18.2 Å². The molecule has 5 heteroatoms. The lowest BCUT2D eigenvalue weighted by atomic mass is 9.97. The number of hydrogen-bond donors (Lipinski definition) is 2. The van der Waals surface area contributed by atoms with E-state index in [2.05, 4.69) is 16.7 Å². The van der Waals surface area contributed by atoms with Gasteiger partial charge in [0.2, 0.25) is 0 Å². The van der Waals surface area contributed by atoms with Gasteiger partial charge < -0.3 is 20.1 Å². The molecule has 0 saturated heterocycles. The van der Waals surface area contributed by atoms with Crippen LogP contribution < -0.4 is 20.1 Å². The molecule has 0 fully saturated rings. The van der Waals surface area contributed by atoms with E-state index in [-0.39, 0.29) is 6.03 Å². The van der Waals surface area contributed by atoms with Gasteiger partial charge in [-0.3, -0.25) is 0 Å². The molecule has 2 aliphatic rings. The number of hydrogen-bond acceptors (Lipinski definition) is 3. The SMILES string of the molecule is O=C(NCCC1=CCCCC1)NCc1ccc2c(c1)OCCO2. The second-order valence-electron chi connectivity index (χ2n) is 5.95. The first-order chi connectivity index (χ1) is 11.3. The third kappa shape index (κ3) is 4.65. The Morgan fingerprint density at radius 3 is 2.78 bits per heavy atom. The van der Waals surface area contributed by atoms with Gasteiger partial charge in [-0.05, 0) is 49.8 Å². The van der Waals surface area contributed by atoms with Gasteiger partial charge in [0.05, 0.1) is 0 Å². The topological polar surface area (TPSA) is 59.6 Å². The van der Waals surface area contributed by atoms with Crippen molar-refractivity contribution in [2.75, 3.05) is 19.8 Å². The number of ether oxygens (including phenoxy) is 2. The van der Waals surface area contributed by atoms with Gasteiger partial charge in [0.15, 0.2) is 11.5 Å². The van der Waals surface area contributed by atoms with Crippen molar-refractivity contribution in [3.05, 3.63) is 35.4 Å². The monoisotopic (exact) mass is 316 g/mol. The Morgan fingerprint density at radius 2 is 1.96 bits per heavy atom. The number of benzene rings is 1. The highest BCUT2D eigenvalue weighted by atomic mass is 16.6. The summed E-state index contributed by atoms with van der Waals surface area (Å²) in [6, 6.07) is 5.62. The Hall–Kier alpha value is -2.17. The van der Waals surface area contributed by atoms with Gasteiger partial charge in [-0.15, -0.1) is 0 Å². The number of amides is 2. The predicted molar refractivity (Wildman–Crippen MR) is 88.8 cm³/mol. The van der Waals surface area contributed by atoms with Crippen molar-refractivity contribution in [2.45, 2.75) is 38.6 Å².